The summed E-state index contributed by atoms with van der Waals surface area (Å²) in [5.74, 6) is -0.812. The fourth-order valence-corrected chi connectivity index (χ4v) is 2.05. The van der Waals surface area contributed by atoms with E-state index in [0.717, 1.165) is 18.2 Å². The topological polar surface area (TPSA) is 95.9 Å². The zero-order valence-electron chi connectivity index (χ0n) is 13.1. The number of carboxylic acid groups (broad SMARTS) is 1. The molecule has 1 aromatic rings. The van der Waals surface area contributed by atoms with Crippen molar-refractivity contribution in [3.05, 3.63) is 29.8 Å². The van der Waals surface area contributed by atoms with Crippen LogP contribution in [-0.4, -0.2) is 41.3 Å². The predicted molar refractivity (Wildman–Crippen MR) is 81.7 cm³/mol. The minimum Gasteiger partial charge on any atom is -0.496 e. The second-order valence-electron chi connectivity index (χ2n) is 5.68. The molecule has 0 heterocycles. The Kier molecular flexibility index (Phi) is 6.37. The Morgan fingerprint density at radius 1 is 1.36 bits per heavy atom. The summed E-state index contributed by atoms with van der Waals surface area (Å²) in [6, 6.07) is 7.61. The normalized spacial score (nSPS) is 14.7. The number of para-hydroxylation sites is 1. The summed E-state index contributed by atoms with van der Waals surface area (Å²) in [4.78, 5) is 22.6. The maximum atomic E-state index is 11.8. The van der Waals surface area contributed by atoms with Crippen molar-refractivity contribution in [2.45, 2.75) is 32.3 Å². The molecule has 22 heavy (non-hydrogen) atoms. The van der Waals surface area contributed by atoms with Crippen molar-refractivity contribution in [3.63, 3.8) is 0 Å². The zero-order chi connectivity index (χ0) is 16.8. The third kappa shape index (κ3) is 5.37. The molecule has 1 aromatic carbocycles. The van der Waals surface area contributed by atoms with Gasteiger partial charge in [-0.3, -0.25) is 4.79 Å². The fourth-order valence-electron chi connectivity index (χ4n) is 2.05. The van der Waals surface area contributed by atoms with Crippen molar-refractivity contribution >= 4 is 11.9 Å². The van der Waals surface area contributed by atoms with E-state index < -0.39 is 11.6 Å². The number of nitrogens with one attached hydrogen (secondary N) is 1. The van der Waals surface area contributed by atoms with E-state index in [9.17, 15) is 14.7 Å². The average molecular weight is 309 g/mol. The Hall–Kier alpha value is -2.08. The van der Waals surface area contributed by atoms with Gasteiger partial charge in [-0.25, -0.2) is 4.79 Å². The van der Waals surface area contributed by atoms with Crippen molar-refractivity contribution in [2.24, 2.45) is 5.92 Å². The van der Waals surface area contributed by atoms with Crippen LogP contribution < -0.4 is 10.1 Å². The minimum atomic E-state index is -1.96. The number of hydrogen-bond acceptors (Lipinski definition) is 4. The smallest absolute Gasteiger partial charge is 0.337 e. The van der Waals surface area contributed by atoms with E-state index in [2.05, 4.69) is 5.32 Å². The van der Waals surface area contributed by atoms with Crippen molar-refractivity contribution < 1.29 is 24.5 Å². The maximum Gasteiger partial charge on any atom is 0.337 e. The molecule has 0 radical (unpaired) electrons. The Morgan fingerprint density at radius 3 is 2.59 bits per heavy atom. The first-order valence-corrected chi connectivity index (χ1v) is 7.10. The fraction of sp³-hybridized carbons (Fsp3) is 0.500. The van der Waals surface area contributed by atoms with Crippen LogP contribution in [0.25, 0.3) is 0 Å². The van der Waals surface area contributed by atoms with Gasteiger partial charge in [0, 0.05) is 6.42 Å². The molecular weight excluding hydrogens is 286 g/mol. The summed E-state index contributed by atoms with van der Waals surface area (Å²) in [5, 5.41) is 20.8. The molecule has 122 valence electrons. The molecule has 0 aromatic heterocycles. The molecule has 0 aliphatic carbocycles. The summed E-state index contributed by atoms with van der Waals surface area (Å²) >= 11 is 0. The lowest BCUT2D eigenvalue weighted by Crippen LogP contribution is -2.46. The second-order valence-corrected chi connectivity index (χ2v) is 5.68. The lowest BCUT2D eigenvalue weighted by molar-refractivity contribution is -0.156. The molecule has 0 saturated heterocycles. The highest BCUT2D eigenvalue weighted by atomic mass is 16.5. The number of aliphatic hydroxyl groups is 1. The molecular formula is C16H23NO5. The molecule has 0 saturated carbocycles. The Morgan fingerprint density at radius 2 is 2.00 bits per heavy atom. The summed E-state index contributed by atoms with van der Waals surface area (Å²) in [7, 11) is 1.60. The summed E-state index contributed by atoms with van der Waals surface area (Å²) in [5.41, 5.74) is -0.940. The molecule has 2 unspecified atom stereocenters. The van der Waals surface area contributed by atoms with E-state index >= 15 is 0 Å². The number of carbonyl (C=O) groups excluding carboxylic acids is 1. The number of amides is 1. The predicted octanol–water partition coefficient (Wildman–Crippen LogP) is 1.22. The molecule has 1 amide bonds. The standard InChI is InChI=1S/C16H23NO5/c1-11(8-12-6-4-5-7-13(12)22-3)9-14(18)17-10-16(2,21)15(19)20/h4-7,11,21H,8-10H2,1-3H3,(H,17,18)(H,19,20). The van der Waals surface area contributed by atoms with E-state index in [4.69, 9.17) is 9.84 Å². The molecule has 6 heteroatoms. The molecule has 1 rings (SSSR count). The van der Waals surface area contributed by atoms with E-state index in [0.29, 0.717) is 6.42 Å². The molecule has 2 atom stereocenters. The van der Waals surface area contributed by atoms with Crippen LogP contribution in [0.5, 0.6) is 5.75 Å². The molecule has 3 N–H and O–H groups in total. The van der Waals surface area contributed by atoms with Gasteiger partial charge < -0.3 is 20.3 Å². The number of rotatable bonds is 8. The van der Waals surface area contributed by atoms with Crippen LogP contribution in [0.1, 0.15) is 25.8 Å². The van der Waals surface area contributed by atoms with Crippen LogP contribution in [0.4, 0.5) is 0 Å². The van der Waals surface area contributed by atoms with Gasteiger partial charge in [0.1, 0.15) is 5.75 Å². The van der Waals surface area contributed by atoms with E-state index in [1.54, 1.807) is 7.11 Å². The van der Waals surface area contributed by atoms with Gasteiger partial charge in [0.05, 0.1) is 13.7 Å². The van der Waals surface area contributed by atoms with Crippen molar-refractivity contribution in [1.82, 2.24) is 5.32 Å². The van der Waals surface area contributed by atoms with Crippen LogP contribution in [0.15, 0.2) is 24.3 Å². The first kappa shape index (κ1) is 18.0. The lowest BCUT2D eigenvalue weighted by atomic mass is 9.97. The van der Waals surface area contributed by atoms with Crippen molar-refractivity contribution in [1.29, 1.82) is 0 Å². The summed E-state index contributed by atoms with van der Waals surface area (Å²) < 4.78 is 5.27. The molecule has 0 bridgehead atoms. The van der Waals surface area contributed by atoms with Crippen molar-refractivity contribution in [3.8, 4) is 5.75 Å². The van der Waals surface area contributed by atoms with Crippen LogP contribution in [-0.2, 0) is 16.0 Å². The van der Waals surface area contributed by atoms with Crippen molar-refractivity contribution in [2.75, 3.05) is 13.7 Å². The number of ether oxygens (including phenoxy) is 1. The molecule has 0 fully saturated rings. The van der Waals surface area contributed by atoms with Gasteiger partial charge in [-0.2, -0.15) is 0 Å². The van der Waals surface area contributed by atoms with E-state index in [1.807, 2.05) is 31.2 Å². The van der Waals surface area contributed by atoms with Crippen LogP contribution >= 0.6 is 0 Å². The molecule has 0 aliphatic rings. The first-order valence-electron chi connectivity index (χ1n) is 7.10. The van der Waals surface area contributed by atoms with Crippen LogP contribution in [0.3, 0.4) is 0 Å². The lowest BCUT2D eigenvalue weighted by Gasteiger charge is -2.19. The average Bonchev–Trinajstić information content (AvgIpc) is 2.45. The number of methoxy groups -OCH3 is 1. The quantitative estimate of drug-likeness (QED) is 0.671. The minimum absolute atomic E-state index is 0.0612. The molecule has 6 nitrogen and oxygen atoms in total. The van der Waals surface area contributed by atoms with Gasteiger partial charge >= 0.3 is 5.97 Å². The SMILES string of the molecule is COc1ccccc1CC(C)CC(=O)NCC(C)(O)C(=O)O. The van der Waals surface area contributed by atoms with Gasteiger partial charge in [0.15, 0.2) is 5.60 Å². The highest BCUT2D eigenvalue weighted by Gasteiger charge is 2.30. The Balaban J connectivity index is 2.49. The zero-order valence-corrected chi connectivity index (χ0v) is 13.1. The molecule has 0 aliphatic heterocycles. The van der Waals surface area contributed by atoms with E-state index in [-0.39, 0.29) is 24.8 Å². The highest BCUT2D eigenvalue weighted by Crippen LogP contribution is 2.22. The summed E-state index contributed by atoms with van der Waals surface area (Å²) in [6.07, 6.45) is 0.917. The number of benzene rings is 1. The van der Waals surface area contributed by atoms with Gasteiger partial charge in [-0.1, -0.05) is 25.1 Å². The van der Waals surface area contributed by atoms with Crippen LogP contribution in [0.2, 0.25) is 0 Å². The highest BCUT2D eigenvalue weighted by molar-refractivity contribution is 5.80. The number of carbonyl (C=O) groups is 2. The Bertz CT molecular complexity index is 527. The third-order valence-corrected chi connectivity index (χ3v) is 3.39. The number of aliphatic carboxylic acids is 1. The Labute approximate surface area is 130 Å². The number of hydrogen-bond donors (Lipinski definition) is 3. The maximum absolute atomic E-state index is 11.8. The van der Waals surface area contributed by atoms with Gasteiger partial charge in [0.2, 0.25) is 5.91 Å². The first-order chi connectivity index (χ1) is 10.3. The number of carboxylic acids is 1. The molecule has 0 spiro atoms. The largest absolute Gasteiger partial charge is 0.496 e. The van der Waals surface area contributed by atoms with Crippen LogP contribution in [0, 0.1) is 5.92 Å². The van der Waals surface area contributed by atoms with Gasteiger partial charge in [-0.05, 0) is 30.9 Å². The third-order valence-electron chi connectivity index (χ3n) is 3.39. The van der Waals surface area contributed by atoms with E-state index in [1.165, 1.54) is 0 Å². The van der Waals surface area contributed by atoms with Gasteiger partial charge in [-0.15, -0.1) is 0 Å². The monoisotopic (exact) mass is 309 g/mol. The van der Waals surface area contributed by atoms with Gasteiger partial charge in [0.25, 0.3) is 0 Å². The summed E-state index contributed by atoms with van der Waals surface area (Å²) in [6.45, 7) is 2.76. The second kappa shape index (κ2) is 7.79.